The van der Waals surface area contributed by atoms with E-state index >= 15 is 0 Å². The molecular weight excluding hydrogens is 321 g/mol. The van der Waals surface area contributed by atoms with Gasteiger partial charge in [0.2, 0.25) is 11.7 Å². The van der Waals surface area contributed by atoms with Crippen LogP contribution < -0.4 is 4.74 Å². The van der Waals surface area contributed by atoms with Crippen molar-refractivity contribution in [3.8, 4) is 5.88 Å². The van der Waals surface area contributed by atoms with E-state index in [9.17, 15) is 13.2 Å². The summed E-state index contributed by atoms with van der Waals surface area (Å²) in [4.78, 5) is 13.5. The van der Waals surface area contributed by atoms with Crippen LogP contribution in [0, 0.1) is 0 Å². The van der Waals surface area contributed by atoms with Crippen LogP contribution in [-0.4, -0.2) is 33.0 Å². The number of hydrogen-bond acceptors (Lipinski definition) is 5. The Morgan fingerprint density at radius 2 is 2.12 bits per heavy atom. The largest absolute Gasteiger partial charge is 0.478 e. The van der Waals surface area contributed by atoms with Gasteiger partial charge in [0.25, 0.3) is 0 Å². The molecule has 0 amide bonds. The first-order chi connectivity index (χ1) is 11.5. The van der Waals surface area contributed by atoms with Crippen molar-refractivity contribution in [2.24, 2.45) is 0 Å². The Morgan fingerprint density at radius 3 is 2.88 bits per heavy atom. The van der Waals surface area contributed by atoms with Crippen LogP contribution in [0.25, 0.3) is 0 Å². The van der Waals surface area contributed by atoms with Gasteiger partial charge in [-0.25, -0.2) is 15.0 Å². The maximum Gasteiger partial charge on any atom is 0.451 e. The van der Waals surface area contributed by atoms with Crippen LogP contribution in [-0.2, 0) is 25.7 Å². The molecule has 0 aromatic carbocycles. The van der Waals surface area contributed by atoms with Crippen molar-refractivity contribution in [3.05, 3.63) is 47.2 Å². The van der Waals surface area contributed by atoms with E-state index in [4.69, 9.17) is 4.74 Å². The molecule has 1 aliphatic rings. The van der Waals surface area contributed by atoms with Gasteiger partial charge in [-0.2, -0.15) is 13.2 Å². The van der Waals surface area contributed by atoms with Crippen molar-refractivity contribution in [1.29, 1.82) is 0 Å². The van der Waals surface area contributed by atoms with Gasteiger partial charge in [0.15, 0.2) is 0 Å². The van der Waals surface area contributed by atoms with Crippen molar-refractivity contribution >= 4 is 0 Å². The van der Waals surface area contributed by atoms with E-state index in [1.54, 1.807) is 6.20 Å². The van der Waals surface area contributed by atoms with Crippen LogP contribution in [0.4, 0.5) is 13.2 Å². The molecule has 24 heavy (non-hydrogen) atoms. The maximum atomic E-state index is 12.7. The molecule has 0 unspecified atom stereocenters. The second-order valence-corrected chi connectivity index (χ2v) is 5.52. The molecule has 0 spiro atoms. The van der Waals surface area contributed by atoms with Gasteiger partial charge < -0.3 is 4.74 Å². The summed E-state index contributed by atoms with van der Waals surface area (Å²) in [5.41, 5.74) is 2.16. The van der Waals surface area contributed by atoms with E-state index in [1.807, 2.05) is 19.1 Å². The predicted octanol–water partition coefficient (Wildman–Crippen LogP) is 2.85. The molecule has 0 aliphatic carbocycles. The van der Waals surface area contributed by atoms with Crippen LogP contribution in [0.3, 0.4) is 0 Å². The lowest BCUT2D eigenvalue weighted by molar-refractivity contribution is -0.145. The van der Waals surface area contributed by atoms with Crippen LogP contribution in [0.2, 0.25) is 0 Å². The third-order valence-electron chi connectivity index (χ3n) is 3.79. The van der Waals surface area contributed by atoms with E-state index in [1.165, 1.54) is 6.20 Å². The molecule has 0 radical (unpaired) electrons. The van der Waals surface area contributed by atoms with Gasteiger partial charge in [0.05, 0.1) is 12.3 Å². The Bertz CT molecular complexity index is 721. The highest BCUT2D eigenvalue weighted by molar-refractivity contribution is 5.27. The number of alkyl halides is 3. The van der Waals surface area contributed by atoms with Crippen LogP contribution >= 0.6 is 0 Å². The lowest BCUT2D eigenvalue weighted by Crippen LogP contribution is -2.31. The molecule has 8 heteroatoms. The van der Waals surface area contributed by atoms with E-state index in [-0.39, 0.29) is 0 Å². The molecule has 1 aliphatic heterocycles. The summed E-state index contributed by atoms with van der Waals surface area (Å²) in [7, 11) is 0. The summed E-state index contributed by atoms with van der Waals surface area (Å²) >= 11 is 0. The molecule has 0 atom stereocenters. The Hall–Kier alpha value is -2.22. The molecule has 2 aromatic rings. The van der Waals surface area contributed by atoms with Gasteiger partial charge in [-0.1, -0.05) is 6.07 Å². The van der Waals surface area contributed by atoms with Crippen LogP contribution in [0.1, 0.15) is 29.6 Å². The summed E-state index contributed by atoms with van der Waals surface area (Å²) < 4.78 is 43.6. The zero-order chi connectivity index (χ0) is 17.2. The fourth-order valence-electron chi connectivity index (χ4n) is 2.70. The topological polar surface area (TPSA) is 51.1 Å². The first-order valence-electron chi connectivity index (χ1n) is 7.68. The number of fused-ring (bicyclic) bond motifs is 1. The van der Waals surface area contributed by atoms with Crippen LogP contribution in [0.5, 0.6) is 5.88 Å². The van der Waals surface area contributed by atoms with E-state index < -0.39 is 12.0 Å². The second kappa shape index (κ2) is 6.72. The Balaban J connectivity index is 1.74. The first-order valence-corrected chi connectivity index (χ1v) is 7.68. The molecule has 0 saturated heterocycles. The summed E-state index contributed by atoms with van der Waals surface area (Å²) in [6.45, 7) is 4.17. The van der Waals surface area contributed by atoms with Gasteiger partial charge in [-0.05, 0) is 13.0 Å². The lowest BCUT2D eigenvalue weighted by Gasteiger charge is -2.28. The first kappa shape index (κ1) is 16.6. The minimum atomic E-state index is -4.51. The zero-order valence-electron chi connectivity index (χ0n) is 13.2. The van der Waals surface area contributed by atoms with E-state index in [0.29, 0.717) is 44.2 Å². The highest BCUT2D eigenvalue weighted by Gasteiger charge is 2.35. The quantitative estimate of drug-likeness (QED) is 0.858. The standard InChI is InChI=1S/C16H17F3N4O/c1-2-24-14-11(4-3-6-20-14)9-23-7-5-13-12(10-23)8-21-15(22-13)16(17,18)19/h3-4,6,8H,2,5,7,9-10H2,1H3. The van der Waals surface area contributed by atoms with Crippen molar-refractivity contribution < 1.29 is 17.9 Å². The number of ether oxygens (including phenoxy) is 1. The molecule has 128 valence electrons. The average molecular weight is 338 g/mol. The van der Waals surface area contributed by atoms with Gasteiger partial charge in [0.1, 0.15) is 0 Å². The average Bonchev–Trinajstić information content (AvgIpc) is 2.55. The smallest absolute Gasteiger partial charge is 0.451 e. The molecule has 3 rings (SSSR count). The van der Waals surface area contributed by atoms with Crippen molar-refractivity contribution in [2.75, 3.05) is 13.2 Å². The Morgan fingerprint density at radius 1 is 1.29 bits per heavy atom. The van der Waals surface area contributed by atoms with Crippen molar-refractivity contribution in [2.45, 2.75) is 32.6 Å². The van der Waals surface area contributed by atoms with Gasteiger partial charge in [-0.15, -0.1) is 0 Å². The lowest BCUT2D eigenvalue weighted by atomic mass is 10.1. The third-order valence-corrected chi connectivity index (χ3v) is 3.79. The van der Waals surface area contributed by atoms with Gasteiger partial charge in [-0.3, -0.25) is 4.90 Å². The number of aromatic nitrogens is 3. The second-order valence-electron chi connectivity index (χ2n) is 5.52. The van der Waals surface area contributed by atoms with Gasteiger partial charge in [0, 0.05) is 49.6 Å². The van der Waals surface area contributed by atoms with E-state index in [2.05, 4.69) is 19.9 Å². The number of rotatable bonds is 4. The molecule has 0 bridgehead atoms. The molecule has 0 fully saturated rings. The normalized spacial score (nSPS) is 15.2. The highest BCUT2D eigenvalue weighted by Crippen LogP contribution is 2.28. The summed E-state index contributed by atoms with van der Waals surface area (Å²) in [5.74, 6) is -0.477. The molecule has 0 N–H and O–H groups in total. The minimum Gasteiger partial charge on any atom is -0.478 e. The number of pyridine rings is 1. The Kier molecular flexibility index (Phi) is 4.66. The molecule has 0 saturated carbocycles. The van der Waals surface area contributed by atoms with Crippen molar-refractivity contribution in [1.82, 2.24) is 19.9 Å². The molecule has 2 aromatic heterocycles. The summed E-state index contributed by atoms with van der Waals surface area (Å²) in [5, 5.41) is 0. The third kappa shape index (κ3) is 3.64. The maximum absolute atomic E-state index is 12.7. The Labute approximate surface area is 137 Å². The molecule has 5 nitrogen and oxygen atoms in total. The minimum absolute atomic E-state index is 0.463. The number of halogens is 3. The highest BCUT2D eigenvalue weighted by atomic mass is 19.4. The molecular formula is C16H17F3N4O. The summed E-state index contributed by atoms with van der Waals surface area (Å²) in [6, 6.07) is 3.78. The SMILES string of the molecule is CCOc1ncccc1CN1CCc2nc(C(F)(F)F)ncc2C1. The summed E-state index contributed by atoms with van der Waals surface area (Å²) in [6.07, 6.45) is -1.09. The van der Waals surface area contributed by atoms with Gasteiger partial charge >= 0.3 is 6.18 Å². The number of nitrogens with zero attached hydrogens (tertiary/aromatic N) is 4. The zero-order valence-corrected chi connectivity index (χ0v) is 13.2. The monoisotopic (exact) mass is 338 g/mol. The fourth-order valence-corrected chi connectivity index (χ4v) is 2.70. The molecule has 3 heterocycles. The van der Waals surface area contributed by atoms with Crippen LogP contribution in [0.15, 0.2) is 24.5 Å². The fraction of sp³-hybridized carbons (Fsp3) is 0.438. The predicted molar refractivity (Wildman–Crippen MR) is 80.3 cm³/mol. The van der Waals surface area contributed by atoms with E-state index in [0.717, 1.165) is 11.1 Å². The van der Waals surface area contributed by atoms with Crippen molar-refractivity contribution in [3.63, 3.8) is 0 Å². The number of hydrogen-bond donors (Lipinski definition) is 0.